The molecule has 41 heavy (non-hydrogen) atoms. The lowest BCUT2D eigenvalue weighted by Crippen LogP contribution is -2.00. The standard InChI is InChI=1S/C36H22N4S/c1-3-11-25(12-4-1)33-38-34(26-13-5-2-6-14-26)40-35(39-33)27-19-18-24-20-21-31-32(30(24)22-27)37-36(41-31)29-17-9-15-23-10-7-8-16-28(23)29/h1-22H. The molecule has 2 aromatic heterocycles. The molecule has 0 unspecified atom stereocenters. The van der Waals surface area contributed by atoms with E-state index in [1.165, 1.54) is 10.8 Å². The predicted molar refractivity (Wildman–Crippen MR) is 170 cm³/mol. The second-order valence-corrected chi connectivity index (χ2v) is 11.0. The van der Waals surface area contributed by atoms with Gasteiger partial charge >= 0.3 is 0 Å². The largest absolute Gasteiger partial charge is 0.235 e. The van der Waals surface area contributed by atoms with Gasteiger partial charge in [0, 0.05) is 27.6 Å². The Morgan fingerprint density at radius 3 is 1.73 bits per heavy atom. The Labute approximate surface area is 240 Å². The number of fused-ring (bicyclic) bond motifs is 4. The van der Waals surface area contributed by atoms with Gasteiger partial charge in [0.2, 0.25) is 0 Å². The Balaban J connectivity index is 1.31. The van der Waals surface area contributed by atoms with Gasteiger partial charge in [-0.05, 0) is 28.3 Å². The summed E-state index contributed by atoms with van der Waals surface area (Å²) in [5, 5.41) is 5.68. The van der Waals surface area contributed by atoms with Gasteiger partial charge in [-0.2, -0.15) is 0 Å². The Kier molecular flexibility index (Phi) is 5.61. The molecule has 0 aliphatic heterocycles. The number of hydrogen-bond donors (Lipinski definition) is 0. The summed E-state index contributed by atoms with van der Waals surface area (Å²) in [6, 6.07) is 45.8. The van der Waals surface area contributed by atoms with Crippen LogP contribution in [0.5, 0.6) is 0 Å². The maximum Gasteiger partial charge on any atom is 0.164 e. The van der Waals surface area contributed by atoms with Crippen LogP contribution in [-0.4, -0.2) is 19.9 Å². The topological polar surface area (TPSA) is 51.6 Å². The third-order valence-corrected chi connectivity index (χ3v) is 8.41. The lowest BCUT2D eigenvalue weighted by molar-refractivity contribution is 1.07. The Morgan fingerprint density at radius 2 is 1.00 bits per heavy atom. The van der Waals surface area contributed by atoms with E-state index in [1.54, 1.807) is 11.3 Å². The first kappa shape index (κ1) is 23.6. The molecular weight excluding hydrogens is 520 g/mol. The van der Waals surface area contributed by atoms with Crippen LogP contribution in [-0.2, 0) is 0 Å². The van der Waals surface area contributed by atoms with Crippen molar-refractivity contribution in [1.82, 2.24) is 19.9 Å². The van der Waals surface area contributed by atoms with Crippen LogP contribution in [0.3, 0.4) is 0 Å². The van der Waals surface area contributed by atoms with Crippen LogP contribution in [0.4, 0.5) is 0 Å². The SMILES string of the molecule is c1ccc(-c2nc(-c3ccccc3)nc(-c3ccc4ccc5sc(-c6cccc7ccccc67)nc5c4c3)n2)cc1. The quantitative estimate of drug-likeness (QED) is 0.222. The van der Waals surface area contributed by atoms with Crippen LogP contribution in [0.15, 0.2) is 133 Å². The van der Waals surface area contributed by atoms with Crippen molar-refractivity contribution < 1.29 is 0 Å². The highest BCUT2D eigenvalue weighted by atomic mass is 32.1. The van der Waals surface area contributed by atoms with Crippen molar-refractivity contribution in [3.8, 4) is 44.7 Å². The molecule has 0 bridgehead atoms. The van der Waals surface area contributed by atoms with Crippen molar-refractivity contribution in [2.75, 3.05) is 0 Å². The van der Waals surface area contributed by atoms with Gasteiger partial charge < -0.3 is 0 Å². The first-order valence-electron chi connectivity index (χ1n) is 13.5. The molecule has 0 aliphatic rings. The molecule has 0 spiro atoms. The van der Waals surface area contributed by atoms with E-state index >= 15 is 0 Å². The normalized spacial score (nSPS) is 11.4. The molecule has 192 valence electrons. The highest BCUT2D eigenvalue weighted by Gasteiger charge is 2.15. The molecule has 0 saturated heterocycles. The van der Waals surface area contributed by atoms with E-state index in [1.807, 2.05) is 60.7 Å². The maximum absolute atomic E-state index is 5.19. The lowest BCUT2D eigenvalue weighted by Gasteiger charge is -2.09. The number of thiazole rings is 1. The highest BCUT2D eigenvalue weighted by molar-refractivity contribution is 7.21. The first-order chi connectivity index (χ1) is 20.3. The minimum atomic E-state index is 0.640. The molecule has 0 radical (unpaired) electrons. The monoisotopic (exact) mass is 542 g/mol. The third-order valence-electron chi connectivity index (χ3n) is 7.35. The zero-order chi connectivity index (χ0) is 27.2. The summed E-state index contributed by atoms with van der Waals surface area (Å²) >= 11 is 1.73. The third kappa shape index (κ3) is 4.24. The average Bonchev–Trinajstić information content (AvgIpc) is 3.50. The smallest absolute Gasteiger partial charge is 0.164 e. The average molecular weight is 543 g/mol. The van der Waals surface area contributed by atoms with Gasteiger partial charge in [0.05, 0.1) is 10.2 Å². The van der Waals surface area contributed by atoms with Crippen LogP contribution in [0.2, 0.25) is 0 Å². The van der Waals surface area contributed by atoms with Crippen LogP contribution >= 0.6 is 11.3 Å². The van der Waals surface area contributed by atoms with Crippen LogP contribution in [0.25, 0.3) is 76.5 Å². The van der Waals surface area contributed by atoms with Crippen molar-refractivity contribution in [2.45, 2.75) is 0 Å². The molecule has 0 aliphatic carbocycles. The maximum atomic E-state index is 5.19. The summed E-state index contributed by atoms with van der Waals surface area (Å²) in [5.74, 6) is 1.94. The van der Waals surface area contributed by atoms with Crippen LogP contribution in [0, 0.1) is 0 Å². The number of rotatable bonds is 4. The molecule has 2 heterocycles. The summed E-state index contributed by atoms with van der Waals surface area (Å²) in [7, 11) is 0. The molecule has 6 aromatic carbocycles. The molecule has 0 fully saturated rings. The fourth-order valence-electron chi connectivity index (χ4n) is 5.31. The van der Waals surface area contributed by atoms with E-state index in [-0.39, 0.29) is 0 Å². The molecule has 5 heteroatoms. The molecule has 0 atom stereocenters. The molecular formula is C36H22N4S. The summed E-state index contributed by atoms with van der Waals surface area (Å²) in [5.41, 5.74) is 5.00. The van der Waals surface area contributed by atoms with E-state index < -0.39 is 0 Å². The molecule has 0 N–H and O–H groups in total. The molecule has 8 rings (SSSR count). The van der Waals surface area contributed by atoms with Crippen molar-refractivity contribution >= 4 is 43.1 Å². The van der Waals surface area contributed by atoms with E-state index in [9.17, 15) is 0 Å². The van der Waals surface area contributed by atoms with E-state index in [2.05, 4.69) is 72.8 Å². The van der Waals surface area contributed by atoms with Gasteiger partial charge in [-0.15, -0.1) is 11.3 Å². The van der Waals surface area contributed by atoms with Crippen molar-refractivity contribution in [3.63, 3.8) is 0 Å². The Hall–Kier alpha value is -5.26. The van der Waals surface area contributed by atoms with Gasteiger partial charge in [-0.3, -0.25) is 0 Å². The molecule has 0 saturated carbocycles. The Morgan fingerprint density at radius 1 is 0.415 bits per heavy atom. The van der Waals surface area contributed by atoms with Gasteiger partial charge in [0.25, 0.3) is 0 Å². The second-order valence-electron chi connectivity index (χ2n) is 9.93. The molecule has 8 aromatic rings. The van der Waals surface area contributed by atoms with E-state index in [0.29, 0.717) is 17.5 Å². The van der Waals surface area contributed by atoms with Gasteiger partial charge in [0.1, 0.15) is 5.01 Å². The Bertz CT molecular complexity index is 2140. The number of nitrogens with zero attached hydrogens (tertiary/aromatic N) is 4. The van der Waals surface area contributed by atoms with E-state index in [0.717, 1.165) is 48.3 Å². The number of benzene rings is 6. The second kappa shape index (κ2) is 9.73. The summed E-state index contributed by atoms with van der Waals surface area (Å²) in [6.07, 6.45) is 0. The zero-order valence-corrected chi connectivity index (χ0v) is 22.7. The van der Waals surface area contributed by atoms with Gasteiger partial charge in [0.15, 0.2) is 17.5 Å². The van der Waals surface area contributed by atoms with Gasteiger partial charge in [-0.25, -0.2) is 19.9 Å². The van der Waals surface area contributed by atoms with Crippen molar-refractivity contribution in [1.29, 1.82) is 0 Å². The predicted octanol–water partition coefficient (Wildman–Crippen LogP) is 9.46. The highest BCUT2D eigenvalue weighted by Crippen LogP contribution is 2.38. The fraction of sp³-hybridized carbons (Fsp3) is 0. The summed E-state index contributed by atoms with van der Waals surface area (Å²) < 4.78 is 1.16. The van der Waals surface area contributed by atoms with Crippen molar-refractivity contribution in [3.05, 3.63) is 133 Å². The van der Waals surface area contributed by atoms with Crippen LogP contribution in [0.1, 0.15) is 0 Å². The van der Waals surface area contributed by atoms with Crippen LogP contribution < -0.4 is 0 Å². The van der Waals surface area contributed by atoms with E-state index in [4.69, 9.17) is 19.9 Å². The minimum Gasteiger partial charge on any atom is -0.235 e. The lowest BCUT2D eigenvalue weighted by atomic mass is 10.0. The molecule has 4 nitrogen and oxygen atoms in total. The fourth-order valence-corrected chi connectivity index (χ4v) is 6.34. The number of aromatic nitrogens is 4. The first-order valence-corrected chi connectivity index (χ1v) is 14.3. The molecule has 0 amide bonds. The van der Waals surface area contributed by atoms with Gasteiger partial charge in [-0.1, -0.05) is 121 Å². The summed E-state index contributed by atoms with van der Waals surface area (Å²) in [4.78, 5) is 19.9. The zero-order valence-electron chi connectivity index (χ0n) is 21.9. The van der Waals surface area contributed by atoms with Crippen molar-refractivity contribution in [2.24, 2.45) is 0 Å². The summed E-state index contributed by atoms with van der Waals surface area (Å²) in [6.45, 7) is 0. The number of hydrogen-bond acceptors (Lipinski definition) is 5. The minimum absolute atomic E-state index is 0.640.